The summed E-state index contributed by atoms with van der Waals surface area (Å²) in [4.78, 5) is 25.3. The van der Waals surface area contributed by atoms with E-state index in [0.29, 0.717) is 0 Å². The van der Waals surface area contributed by atoms with E-state index in [1.807, 2.05) is 6.07 Å². The van der Waals surface area contributed by atoms with E-state index in [9.17, 15) is 14.0 Å². The van der Waals surface area contributed by atoms with Crippen LogP contribution < -0.4 is 5.32 Å². The van der Waals surface area contributed by atoms with Crippen LogP contribution in [0.3, 0.4) is 0 Å². The highest BCUT2D eigenvalue weighted by molar-refractivity contribution is 5.83. The molecule has 1 atom stereocenters. The summed E-state index contributed by atoms with van der Waals surface area (Å²) < 4.78 is 18.5. The Kier molecular flexibility index (Phi) is 6.75. The fraction of sp³-hybridized carbons (Fsp3) is 0.600. The fourth-order valence-corrected chi connectivity index (χ4v) is 3.73. The highest BCUT2D eigenvalue weighted by atomic mass is 19.1. The maximum atomic E-state index is 13.5. The molecule has 1 N–H and O–H groups in total. The first-order valence-electron chi connectivity index (χ1n) is 9.11. The molecule has 0 aliphatic heterocycles. The lowest BCUT2D eigenvalue weighted by Gasteiger charge is -2.45. The standard InChI is InChI=1S/C20H29FN2O3/c1-14(26-15(2)24)19(25)22-18-8-10-20(11-9-18,23(3)4)13-16-6-5-7-17(21)12-16/h5-7,12,14,18H,8-11,13H2,1-4H3,(H,22,25). The number of carbonyl (C=O) groups excluding carboxylic acids is 2. The molecule has 1 unspecified atom stereocenters. The van der Waals surface area contributed by atoms with Crippen molar-refractivity contribution in [2.75, 3.05) is 14.1 Å². The van der Waals surface area contributed by atoms with Crippen LogP contribution in [0.25, 0.3) is 0 Å². The number of hydrogen-bond acceptors (Lipinski definition) is 4. The smallest absolute Gasteiger partial charge is 0.303 e. The lowest BCUT2D eigenvalue weighted by molar-refractivity contribution is -0.153. The van der Waals surface area contributed by atoms with E-state index in [2.05, 4.69) is 24.3 Å². The van der Waals surface area contributed by atoms with E-state index in [4.69, 9.17) is 4.74 Å². The molecule has 6 heteroatoms. The second-order valence-electron chi connectivity index (χ2n) is 7.46. The quantitative estimate of drug-likeness (QED) is 0.789. The Morgan fingerprint density at radius 1 is 1.35 bits per heavy atom. The molecule has 26 heavy (non-hydrogen) atoms. The number of rotatable bonds is 6. The zero-order valence-electron chi connectivity index (χ0n) is 16.0. The highest BCUT2D eigenvalue weighted by Crippen LogP contribution is 2.35. The first-order chi connectivity index (χ1) is 12.2. The maximum absolute atomic E-state index is 13.5. The molecule has 144 valence electrons. The Morgan fingerprint density at radius 2 is 2.00 bits per heavy atom. The number of amides is 1. The van der Waals surface area contributed by atoms with E-state index in [0.717, 1.165) is 37.7 Å². The Hall–Kier alpha value is -1.95. The molecule has 5 nitrogen and oxygen atoms in total. The molecule has 1 saturated carbocycles. The summed E-state index contributed by atoms with van der Waals surface area (Å²) in [7, 11) is 4.11. The van der Waals surface area contributed by atoms with Gasteiger partial charge in [0.2, 0.25) is 0 Å². The van der Waals surface area contributed by atoms with Crippen LogP contribution in [0.2, 0.25) is 0 Å². The number of carbonyl (C=O) groups is 2. The third-order valence-corrected chi connectivity index (χ3v) is 5.35. The summed E-state index contributed by atoms with van der Waals surface area (Å²) in [6.07, 6.45) is 3.49. The van der Waals surface area contributed by atoms with Crippen molar-refractivity contribution in [3.05, 3.63) is 35.6 Å². The molecule has 0 spiro atoms. The van der Waals surface area contributed by atoms with Gasteiger partial charge in [-0.15, -0.1) is 0 Å². The van der Waals surface area contributed by atoms with Crippen LogP contribution in [-0.2, 0) is 20.7 Å². The van der Waals surface area contributed by atoms with Crippen LogP contribution in [0, 0.1) is 5.82 Å². The molecular weight excluding hydrogens is 335 g/mol. The van der Waals surface area contributed by atoms with Crippen LogP contribution in [0.1, 0.15) is 45.1 Å². The number of hydrogen-bond donors (Lipinski definition) is 1. The van der Waals surface area contributed by atoms with Gasteiger partial charge in [0.05, 0.1) is 0 Å². The van der Waals surface area contributed by atoms with Gasteiger partial charge in [-0.1, -0.05) is 12.1 Å². The first kappa shape index (κ1) is 20.4. The van der Waals surface area contributed by atoms with E-state index in [1.54, 1.807) is 19.1 Å². The van der Waals surface area contributed by atoms with E-state index < -0.39 is 12.1 Å². The van der Waals surface area contributed by atoms with Gasteiger partial charge in [-0.2, -0.15) is 0 Å². The number of nitrogens with zero attached hydrogens (tertiary/aromatic N) is 1. The lowest BCUT2D eigenvalue weighted by Crippen LogP contribution is -2.53. The normalized spacial score (nSPS) is 24.2. The molecule has 0 radical (unpaired) electrons. The fourth-order valence-electron chi connectivity index (χ4n) is 3.73. The van der Waals surface area contributed by atoms with Gasteiger partial charge < -0.3 is 15.0 Å². The lowest BCUT2D eigenvalue weighted by atomic mass is 9.74. The number of benzene rings is 1. The van der Waals surface area contributed by atoms with Gasteiger partial charge in [0.15, 0.2) is 6.10 Å². The predicted molar refractivity (Wildman–Crippen MR) is 98.1 cm³/mol. The molecule has 1 aromatic carbocycles. The zero-order valence-corrected chi connectivity index (χ0v) is 16.0. The van der Waals surface area contributed by atoms with Crippen molar-refractivity contribution in [2.45, 2.75) is 63.6 Å². The first-order valence-corrected chi connectivity index (χ1v) is 9.11. The molecule has 0 saturated heterocycles. The van der Waals surface area contributed by atoms with Crippen LogP contribution in [-0.4, -0.2) is 48.6 Å². The number of likely N-dealkylation sites (N-methyl/N-ethyl adjacent to an activating group) is 1. The summed E-state index contributed by atoms with van der Waals surface area (Å²) >= 11 is 0. The van der Waals surface area contributed by atoms with Crippen molar-refractivity contribution in [1.82, 2.24) is 10.2 Å². The van der Waals surface area contributed by atoms with Gasteiger partial charge in [-0.25, -0.2) is 4.39 Å². The summed E-state index contributed by atoms with van der Waals surface area (Å²) in [5.41, 5.74) is 0.945. The second-order valence-corrected chi connectivity index (χ2v) is 7.46. The SMILES string of the molecule is CC(=O)OC(C)C(=O)NC1CCC(Cc2cccc(F)c2)(N(C)C)CC1. The second kappa shape index (κ2) is 8.62. The number of esters is 1. The van der Waals surface area contributed by atoms with Crippen LogP contribution >= 0.6 is 0 Å². The van der Waals surface area contributed by atoms with Crippen LogP contribution in [0.5, 0.6) is 0 Å². The Balaban J connectivity index is 1.96. The highest BCUT2D eigenvalue weighted by Gasteiger charge is 2.38. The Labute approximate surface area is 154 Å². The van der Waals surface area contributed by atoms with Crippen molar-refractivity contribution >= 4 is 11.9 Å². The number of halogens is 1. The molecular formula is C20H29FN2O3. The van der Waals surface area contributed by atoms with E-state index in [1.165, 1.54) is 13.0 Å². The minimum atomic E-state index is -0.777. The average molecular weight is 364 g/mol. The number of ether oxygens (including phenoxy) is 1. The average Bonchev–Trinajstić information content (AvgIpc) is 2.56. The molecule has 0 aromatic heterocycles. The van der Waals surface area contributed by atoms with Gasteiger partial charge in [0.1, 0.15) is 5.82 Å². The zero-order chi connectivity index (χ0) is 19.3. The topological polar surface area (TPSA) is 58.6 Å². The third-order valence-electron chi connectivity index (χ3n) is 5.35. The van der Waals surface area contributed by atoms with Crippen LogP contribution in [0.4, 0.5) is 4.39 Å². The van der Waals surface area contributed by atoms with Gasteiger partial charge in [0.25, 0.3) is 5.91 Å². The molecule has 1 fully saturated rings. The molecule has 1 aromatic rings. The van der Waals surface area contributed by atoms with Gasteiger partial charge >= 0.3 is 5.97 Å². The summed E-state index contributed by atoms with van der Waals surface area (Å²) in [6, 6.07) is 6.84. The molecule has 2 rings (SSSR count). The minimum absolute atomic E-state index is 0.0451. The van der Waals surface area contributed by atoms with Gasteiger partial charge in [-0.05, 0) is 70.8 Å². The molecule has 0 bridgehead atoms. The van der Waals surface area contributed by atoms with Crippen molar-refractivity contribution in [3.8, 4) is 0 Å². The van der Waals surface area contributed by atoms with Gasteiger partial charge in [-0.3, -0.25) is 9.59 Å². The molecule has 1 amide bonds. The van der Waals surface area contributed by atoms with E-state index in [-0.39, 0.29) is 23.3 Å². The van der Waals surface area contributed by atoms with Crippen molar-refractivity contribution < 1.29 is 18.7 Å². The summed E-state index contributed by atoms with van der Waals surface area (Å²) in [6.45, 7) is 2.87. The summed E-state index contributed by atoms with van der Waals surface area (Å²) in [5, 5.41) is 2.98. The monoisotopic (exact) mass is 364 g/mol. The largest absolute Gasteiger partial charge is 0.453 e. The van der Waals surface area contributed by atoms with Crippen molar-refractivity contribution in [2.24, 2.45) is 0 Å². The Bertz CT molecular complexity index is 640. The van der Waals surface area contributed by atoms with Crippen molar-refractivity contribution in [1.29, 1.82) is 0 Å². The molecule has 1 aliphatic rings. The molecule has 1 aliphatic carbocycles. The Morgan fingerprint density at radius 3 is 2.54 bits per heavy atom. The predicted octanol–water partition coefficient (Wildman–Crippen LogP) is 2.68. The van der Waals surface area contributed by atoms with Crippen LogP contribution in [0.15, 0.2) is 24.3 Å². The molecule has 0 heterocycles. The third kappa shape index (κ3) is 5.27. The van der Waals surface area contributed by atoms with E-state index >= 15 is 0 Å². The summed E-state index contributed by atoms with van der Waals surface area (Å²) in [5.74, 6) is -0.928. The minimum Gasteiger partial charge on any atom is -0.453 e. The van der Waals surface area contributed by atoms with Gasteiger partial charge in [0, 0.05) is 18.5 Å². The van der Waals surface area contributed by atoms with Crippen molar-refractivity contribution in [3.63, 3.8) is 0 Å². The maximum Gasteiger partial charge on any atom is 0.303 e. The number of nitrogens with one attached hydrogen (secondary N) is 1.